The smallest absolute Gasteiger partial charge is 0.306 e. The zero-order chi connectivity index (χ0) is 24.0. The highest BCUT2D eigenvalue weighted by Gasteiger charge is 2.30. The van der Waals surface area contributed by atoms with E-state index in [0.29, 0.717) is 5.02 Å². The summed E-state index contributed by atoms with van der Waals surface area (Å²) in [5.74, 6) is -1.95. The SMILES string of the molecule is O=C(CCC(=O)c1ccc(F)cc1)OCC(=O)N1CCN(S(=O)(=O)c2ccc(Cl)cc2)CC1. The molecule has 33 heavy (non-hydrogen) atoms. The fraction of sp³-hybridized carbons (Fsp3) is 0.318. The summed E-state index contributed by atoms with van der Waals surface area (Å²) < 4.78 is 44.5. The molecule has 0 saturated carbocycles. The molecule has 0 atom stereocenters. The summed E-state index contributed by atoms with van der Waals surface area (Å²) in [5, 5.41) is 0.429. The Morgan fingerprint density at radius 3 is 2.12 bits per heavy atom. The van der Waals surface area contributed by atoms with Gasteiger partial charge in [-0.15, -0.1) is 0 Å². The molecule has 11 heteroatoms. The summed E-state index contributed by atoms with van der Waals surface area (Å²) in [6, 6.07) is 10.8. The number of ketones is 1. The normalized spacial score (nSPS) is 14.7. The molecule has 0 N–H and O–H groups in total. The first-order valence-corrected chi connectivity index (χ1v) is 12.0. The molecule has 0 spiro atoms. The van der Waals surface area contributed by atoms with Crippen LogP contribution in [0.2, 0.25) is 5.02 Å². The second-order valence-electron chi connectivity index (χ2n) is 7.33. The number of benzene rings is 2. The van der Waals surface area contributed by atoms with Gasteiger partial charge in [0.05, 0.1) is 11.3 Å². The standard InChI is InChI=1S/C22H22ClFN2O6S/c23-17-3-7-19(8-4-17)33(30,31)26-13-11-25(12-14-26)21(28)15-32-22(29)10-9-20(27)16-1-5-18(24)6-2-16/h1-8H,9-15H2. The molecule has 2 aromatic carbocycles. The van der Waals surface area contributed by atoms with Crippen molar-refractivity contribution in [1.82, 2.24) is 9.21 Å². The number of piperazine rings is 1. The van der Waals surface area contributed by atoms with E-state index in [-0.39, 0.29) is 55.3 Å². The first-order chi connectivity index (χ1) is 15.7. The summed E-state index contributed by atoms with van der Waals surface area (Å²) >= 11 is 5.80. The van der Waals surface area contributed by atoms with E-state index >= 15 is 0 Å². The number of esters is 1. The van der Waals surface area contributed by atoms with Gasteiger partial charge < -0.3 is 9.64 Å². The molecule has 176 valence electrons. The number of sulfonamides is 1. The first kappa shape index (κ1) is 24.8. The van der Waals surface area contributed by atoms with Crippen LogP contribution < -0.4 is 0 Å². The number of carbonyl (C=O) groups is 3. The molecule has 3 rings (SSSR count). The Labute approximate surface area is 195 Å². The van der Waals surface area contributed by atoms with Gasteiger partial charge in [0, 0.05) is 43.2 Å². The van der Waals surface area contributed by atoms with Crippen LogP contribution in [0.5, 0.6) is 0 Å². The van der Waals surface area contributed by atoms with E-state index in [2.05, 4.69) is 0 Å². The second kappa shape index (κ2) is 10.9. The van der Waals surface area contributed by atoms with Crippen LogP contribution in [0.25, 0.3) is 0 Å². The van der Waals surface area contributed by atoms with E-state index in [9.17, 15) is 27.2 Å². The molecule has 0 bridgehead atoms. The van der Waals surface area contributed by atoms with Crippen LogP contribution in [-0.2, 0) is 24.3 Å². The molecular formula is C22H22ClFN2O6S. The minimum Gasteiger partial charge on any atom is -0.456 e. The highest BCUT2D eigenvalue weighted by molar-refractivity contribution is 7.89. The third-order valence-corrected chi connectivity index (χ3v) is 7.29. The predicted octanol–water partition coefficient (Wildman–Crippen LogP) is 2.52. The molecule has 0 unspecified atom stereocenters. The number of rotatable bonds is 8. The molecule has 0 radical (unpaired) electrons. The Bertz CT molecular complexity index is 1110. The number of ether oxygens (including phenoxy) is 1. The van der Waals surface area contributed by atoms with E-state index in [4.69, 9.17) is 16.3 Å². The zero-order valence-corrected chi connectivity index (χ0v) is 19.1. The molecule has 2 aromatic rings. The van der Waals surface area contributed by atoms with Crippen LogP contribution in [0.3, 0.4) is 0 Å². The van der Waals surface area contributed by atoms with Crippen LogP contribution in [0.15, 0.2) is 53.4 Å². The van der Waals surface area contributed by atoms with Crippen molar-refractivity contribution in [2.75, 3.05) is 32.8 Å². The summed E-state index contributed by atoms with van der Waals surface area (Å²) in [6.07, 6.45) is -0.337. The minimum absolute atomic E-state index is 0.108. The lowest BCUT2D eigenvalue weighted by atomic mass is 10.1. The van der Waals surface area contributed by atoms with E-state index in [1.807, 2.05) is 0 Å². The van der Waals surface area contributed by atoms with Gasteiger partial charge in [0.1, 0.15) is 5.82 Å². The number of nitrogens with zero attached hydrogens (tertiary/aromatic N) is 2. The van der Waals surface area contributed by atoms with Gasteiger partial charge in [-0.25, -0.2) is 12.8 Å². The van der Waals surface area contributed by atoms with Crippen molar-refractivity contribution in [3.05, 3.63) is 64.9 Å². The third kappa shape index (κ3) is 6.59. The lowest BCUT2D eigenvalue weighted by Gasteiger charge is -2.33. The molecule has 1 aliphatic rings. The maximum Gasteiger partial charge on any atom is 0.306 e. The van der Waals surface area contributed by atoms with Crippen LogP contribution in [0.4, 0.5) is 4.39 Å². The molecule has 0 aliphatic carbocycles. The van der Waals surface area contributed by atoms with Crippen molar-refractivity contribution in [1.29, 1.82) is 0 Å². The molecule has 1 amide bonds. The molecule has 1 saturated heterocycles. The van der Waals surface area contributed by atoms with Crippen molar-refractivity contribution >= 4 is 39.3 Å². The Hall–Kier alpha value is -2.82. The van der Waals surface area contributed by atoms with Crippen molar-refractivity contribution in [2.45, 2.75) is 17.7 Å². The van der Waals surface area contributed by atoms with Crippen molar-refractivity contribution in [2.24, 2.45) is 0 Å². The maximum absolute atomic E-state index is 12.9. The van der Waals surface area contributed by atoms with Gasteiger partial charge in [0.2, 0.25) is 10.0 Å². The fourth-order valence-electron chi connectivity index (χ4n) is 3.23. The number of hydrogen-bond acceptors (Lipinski definition) is 6. The molecule has 1 fully saturated rings. The fourth-order valence-corrected chi connectivity index (χ4v) is 4.78. The molecule has 8 nitrogen and oxygen atoms in total. The monoisotopic (exact) mass is 496 g/mol. The number of halogens is 2. The Balaban J connectivity index is 1.41. The van der Waals surface area contributed by atoms with Crippen LogP contribution in [0, 0.1) is 5.82 Å². The average molecular weight is 497 g/mol. The van der Waals surface area contributed by atoms with E-state index in [0.717, 1.165) is 12.1 Å². The van der Waals surface area contributed by atoms with Gasteiger partial charge in [0.15, 0.2) is 12.4 Å². The quantitative estimate of drug-likeness (QED) is 0.411. The van der Waals surface area contributed by atoms with E-state index < -0.39 is 34.3 Å². The predicted molar refractivity (Wildman–Crippen MR) is 118 cm³/mol. The van der Waals surface area contributed by atoms with Crippen LogP contribution in [0.1, 0.15) is 23.2 Å². The minimum atomic E-state index is -3.70. The van der Waals surface area contributed by atoms with Gasteiger partial charge in [-0.3, -0.25) is 14.4 Å². The summed E-state index contributed by atoms with van der Waals surface area (Å²) in [5.41, 5.74) is 0.284. The molecule has 1 aliphatic heterocycles. The summed E-state index contributed by atoms with van der Waals surface area (Å²) in [4.78, 5) is 37.8. The van der Waals surface area contributed by atoms with E-state index in [1.165, 1.54) is 45.6 Å². The molecule has 1 heterocycles. The number of Topliss-reactive ketones (excluding diaryl/α,β-unsaturated/α-hetero) is 1. The lowest BCUT2D eigenvalue weighted by molar-refractivity contribution is -0.152. The Morgan fingerprint density at radius 1 is 0.909 bits per heavy atom. The number of carbonyl (C=O) groups excluding carboxylic acids is 3. The van der Waals surface area contributed by atoms with Crippen molar-refractivity contribution in [3.63, 3.8) is 0 Å². The van der Waals surface area contributed by atoms with Crippen LogP contribution >= 0.6 is 11.6 Å². The summed E-state index contributed by atoms with van der Waals surface area (Å²) in [6.45, 7) is 0.0413. The van der Waals surface area contributed by atoms with Gasteiger partial charge >= 0.3 is 5.97 Å². The first-order valence-electron chi connectivity index (χ1n) is 10.1. The van der Waals surface area contributed by atoms with Gasteiger partial charge in [-0.2, -0.15) is 4.31 Å². The second-order valence-corrected chi connectivity index (χ2v) is 9.70. The Kier molecular flexibility index (Phi) is 8.17. The topological polar surface area (TPSA) is 101 Å². The molecular weight excluding hydrogens is 475 g/mol. The Morgan fingerprint density at radius 2 is 1.52 bits per heavy atom. The van der Waals surface area contributed by atoms with Gasteiger partial charge in [0.25, 0.3) is 5.91 Å². The lowest BCUT2D eigenvalue weighted by Crippen LogP contribution is -2.51. The highest BCUT2D eigenvalue weighted by atomic mass is 35.5. The largest absolute Gasteiger partial charge is 0.456 e. The van der Waals surface area contributed by atoms with Gasteiger partial charge in [-0.05, 0) is 48.5 Å². The maximum atomic E-state index is 12.9. The average Bonchev–Trinajstić information content (AvgIpc) is 2.81. The molecule has 0 aromatic heterocycles. The number of amides is 1. The van der Waals surface area contributed by atoms with E-state index in [1.54, 1.807) is 0 Å². The summed E-state index contributed by atoms with van der Waals surface area (Å²) in [7, 11) is -3.70. The highest BCUT2D eigenvalue weighted by Crippen LogP contribution is 2.20. The van der Waals surface area contributed by atoms with Gasteiger partial charge in [-0.1, -0.05) is 11.6 Å². The van der Waals surface area contributed by atoms with Crippen molar-refractivity contribution < 1.29 is 31.9 Å². The van der Waals surface area contributed by atoms with Crippen molar-refractivity contribution in [3.8, 4) is 0 Å². The number of hydrogen-bond donors (Lipinski definition) is 0. The zero-order valence-electron chi connectivity index (χ0n) is 17.6. The third-order valence-electron chi connectivity index (χ3n) is 5.12. The van der Waals surface area contributed by atoms with Crippen LogP contribution in [-0.4, -0.2) is 68.1 Å².